The highest BCUT2D eigenvalue weighted by Crippen LogP contribution is 2.46. The van der Waals surface area contributed by atoms with Gasteiger partial charge < -0.3 is 15.2 Å². The summed E-state index contributed by atoms with van der Waals surface area (Å²) in [6.45, 7) is 4.25. The highest BCUT2D eigenvalue weighted by Gasteiger charge is 2.62. The van der Waals surface area contributed by atoms with Gasteiger partial charge in [0.05, 0.1) is 5.56 Å². The summed E-state index contributed by atoms with van der Waals surface area (Å²) < 4.78 is 6.01. The van der Waals surface area contributed by atoms with E-state index >= 15 is 0 Å². The Labute approximate surface area is 182 Å². The summed E-state index contributed by atoms with van der Waals surface area (Å²) in [5.41, 5.74) is 0.563. The Hall–Kier alpha value is -3.35. The van der Waals surface area contributed by atoms with Crippen LogP contribution in [0, 0.1) is 5.41 Å². The second-order valence-electron chi connectivity index (χ2n) is 7.66. The molecule has 2 N–H and O–H groups in total. The summed E-state index contributed by atoms with van der Waals surface area (Å²) in [4.78, 5) is 37.8. The Morgan fingerprint density at radius 3 is 2.29 bits per heavy atom. The van der Waals surface area contributed by atoms with Crippen molar-refractivity contribution in [1.82, 2.24) is 10.2 Å². The van der Waals surface area contributed by atoms with Crippen LogP contribution >= 0.6 is 0 Å². The molecule has 0 aromatic heterocycles. The number of carbonyl (C=O) groups excluding carboxylic acids is 2. The number of benzene rings is 2. The number of hydrogen-bond acceptors (Lipinski definition) is 4. The maximum atomic E-state index is 12.9. The predicted octanol–water partition coefficient (Wildman–Crippen LogP) is 4.08. The molecule has 164 valence electrons. The van der Waals surface area contributed by atoms with Crippen LogP contribution in [0.4, 0.5) is 4.79 Å². The van der Waals surface area contributed by atoms with Gasteiger partial charge in [-0.05, 0) is 55.5 Å². The summed E-state index contributed by atoms with van der Waals surface area (Å²) in [7, 11) is 0. The van der Waals surface area contributed by atoms with Crippen molar-refractivity contribution in [2.75, 3.05) is 6.54 Å². The summed E-state index contributed by atoms with van der Waals surface area (Å²) >= 11 is 0. The molecule has 7 heteroatoms. The van der Waals surface area contributed by atoms with Crippen molar-refractivity contribution < 1.29 is 24.2 Å². The fraction of sp³-hybridized carbons (Fsp3) is 0.375. The van der Waals surface area contributed by atoms with Gasteiger partial charge in [-0.25, -0.2) is 14.5 Å². The first-order chi connectivity index (χ1) is 14.9. The quantitative estimate of drug-likeness (QED) is 0.467. The van der Waals surface area contributed by atoms with Crippen molar-refractivity contribution in [3.8, 4) is 5.75 Å². The van der Waals surface area contributed by atoms with Crippen LogP contribution in [0.5, 0.6) is 5.75 Å². The van der Waals surface area contributed by atoms with E-state index in [4.69, 9.17) is 9.84 Å². The number of rotatable bonds is 9. The van der Waals surface area contributed by atoms with Crippen molar-refractivity contribution in [3.63, 3.8) is 0 Å². The largest absolute Gasteiger partial charge is 0.478 e. The minimum Gasteiger partial charge on any atom is -0.478 e. The lowest BCUT2D eigenvalue weighted by Crippen LogP contribution is -2.73. The zero-order chi connectivity index (χ0) is 22.4. The van der Waals surface area contributed by atoms with Gasteiger partial charge in [-0.15, -0.1) is 0 Å². The normalized spacial score (nSPS) is 17.0. The number of nitrogens with zero attached hydrogens (tertiary/aromatic N) is 1. The first-order valence-corrected chi connectivity index (χ1v) is 10.6. The fourth-order valence-electron chi connectivity index (χ4n) is 3.92. The third kappa shape index (κ3) is 4.55. The summed E-state index contributed by atoms with van der Waals surface area (Å²) in [6, 6.07) is 15.5. The fourth-order valence-corrected chi connectivity index (χ4v) is 3.92. The Balaban J connectivity index is 1.64. The second kappa shape index (κ2) is 9.64. The number of ether oxygens (including phenoxy) is 1. The third-order valence-electron chi connectivity index (χ3n) is 5.94. The van der Waals surface area contributed by atoms with E-state index in [2.05, 4.69) is 5.32 Å². The molecule has 0 radical (unpaired) electrons. The zero-order valence-corrected chi connectivity index (χ0v) is 17.8. The average Bonchev–Trinajstić information content (AvgIpc) is 2.78. The number of aryl methyl sites for hydroxylation is 1. The van der Waals surface area contributed by atoms with Gasteiger partial charge in [-0.2, -0.15) is 0 Å². The van der Waals surface area contributed by atoms with Crippen molar-refractivity contribution in [1.29, 1.82) is 0 Å². The molecule has 3 amide bonds. The highest BCUT2D eigenvalue weighted by molar-refractivity contribution is 6.03. The lowest BCUT2D eigenvalue weighted by molar-refractivity contribution is -0.190. The molecule has 0 bridgehead atoms. The molecule has 0 spiro atoms. The van der Waals surface area contributed by atoms with Crippen LogP contribution in [0.3, 0.4) is 0 Å². The van der Waals surface area contributed by atoms with Gasteiger partial charge in [0.2, 0.25) is 5.91 Å². The molecule has 1 heterocycles. The highest BCUT2D eigenvalue weighted by atomic mass is 16.5. The van der Waals surface area contributed by atoms with Crippen LogP contribution in [0.25, 0.3) is 0 Å². The monoisotopic (exact) mass is 424 g/mol. The van der Waals surface area contributed by atoms with Crippen molar-refractivity contribution >= 4 is 17.9 Å². The molecule has 1 aliphatic heterocycles. The van der Waals surface area contributed by atoms with Crippen LogP contribution in [-0.2, 0) is 11.2 Å². The van der Waals surface area contributed by atoms with Gasteiger partial charge in [-0.1, -0.05) is 44.2 Å². The molecule has 1 aliphatic rings. The van der Waals surface area contributed by atoms with E-state index in [1.807, 2.05) is 44.2 Å². The molecule has 3 rings (SSSR count). The standard InChI is InChI=1S/C24H28N2O5/c1-3-24(4-2)21(29)26(22(24)31-19-14-12-18(13-15-19)20(27)28)23(30)25-16-8-11-17-9-6-5-7-10-17/h5-7,9-10,12-15,22H,3-4,8,11,16H2,1-2H3,(H,25,30)(H,27,28). The van der Waals surface area contributed by atoms with Crippen molar-refractivity contribution in [2.45, 2.75) is 45.8 Å². The number of β-lactam (4-membered cyclic amide) rings is 1. The van der Waals surface area contributed by atoms with E-state index in [0.29, 0.717) is 25.1 Å². The number of urea groups is 1. The number of hydrogen-bond donors (Lipinski definition) is 2. The van der Waals surface area contributed by atoms with E-state index in [-0.39, 0.29) is 11.5 Å². The zero-order valence-electron chi connectivity index (χ0n) is 17.8. The minimum atomic E-state index is -1.03. The van der Waals surface area contributed by atoms with Crippen LogP contribution in [-0.4, -0.2) is 40.7 Å². The second-order valence-corrected chi connectivity index (χ2v) is 7.66. The maximum Gasteiger partial charge on any atom is 0.335 e. The molecular weight excluding hydrogens is 396 g/mol. The number of carboxylic acids is 1. The minimum absolute atomic E-state index is 0.141. The van der Waals surface area contributed by atoms with Crippen molar-refractivity contribution in [2.24, 2.45) is 5.41 Å². The third-order valence-corrected chi connectivity index (χ3v) is 5.94. The van der Waals surface area contributed by atoms with Crippen molar-refractivity contribution in [3.05, 3.63) is 65.7 Å². The smallest absolute Gasteiger partial charge is 0.335 e. The first-order valence-electron chi connectivity index (χ1n) is 10.6. The number of carboxylic acid groups (broad SMARTS) is 1. The predicted molar refractivity (Wildman–Crippen MR) is 116 cm³/mol. The lowest BCUT2D eigenvalue weighted by Gasteiger charge is -2.53. The van der Waals surface area contributed by atoms with Gasteiger partial charge in [0, 0.05) is 6.54 Å². The number of imide groups is 1. The molecule has 1 atom stereocenters. The first kappa shape index (κ1) is 22.3. The van der Waals surface area contributed by atoms with E-state index in [9.17, 15) is 14.4 Å². The number of likely N-dealkylation sites (tertiary alicyclic amines) is 1. The van der Waals surface area contributed by atoms with Gasteiger partial charge in [-0.3, -0.25) is 4.79 Å². The summed E-state index contributed by atoms with van der Waals surface area (Å²) in [5.74, 6) is -0.862. The van der Waals surface area contributed by atoms with E-state index < -0.39 is 23.6 Å². The Bertz CT molecular complexity index is 923. The van der Waals surface area contributed by atoms with Crippen LogP contribution < -0.4 is 10.1 Å². The number of aromatic carboxylic acids is 1. The molecule has 0 aliphatic carbocycles. The molecule has 1 fully saturated rings. The summed E-state index contributed by atoms with van der Waals surface area (Å²) in [5, 5.41) is 11.9. The number of amides is 3. The maximum absolute atomic E-state index is 12.9. The Morgan fingerprint density at radius 1 is 1.06 bits per heavy atom. The van der Waals surface area contributed by atoms with Crippen LogP contribution in [0.2, 0.25) is 0 Å². The number of nitrogens with one attached hydrogen (secondary N) is 1. The molecule has 31 heavy (non-hydrogen) atoms. The van der Waals surface area contributed by atoms with Crippen LogP contribution in [0.1, 0.15) is 49.0 Å². The lowest BCUT2D eigenvalue weighted by atomic mass is 9.72. The topological polar surface area (TPSA) is 95.9 Å². The van der Waals surface area contributed by atoms with E-state index in [0.717, 1.165) is 17.7 Å². The van der Waals surface area contributed by atoms with Gasteiger partial charge in [0.1, 0.15) is 11.2 Å². The van der Waals surface area contributed by atoms with Gasteiger partial charge in [0.15, 0.2) is 6.23 Å². The molecule has 1 unspecified atom stereocenters. The number of carbonyl (C=O) groups is 3. The molecule has 2 aromatic rings. The molecule has 7 nitrogen and oxygen atoms in total. The Morgan fingerprint density at radius 2 is 1.71 bits per heavy atom. The molecule has 2 aromatic carbocycles. The SMILES string of the molecule is CCC1(CC)C(=O)N(C(=O)NCCCc2ccccc2)C1Oc1ccc(C(=O)O)cc1. The average molecular weight is 424 g/mol. The molecule has 0 saturated carbocycles. The molecule has 1 saturated heterocycles. The van der Waals surface area contributed by atoms with Crippen LogP contribution in [0.15, 0.2) is 54.6 Å². The molecular formula is C24H28N2O5. The van der Waals surface area contributed by atoms with E-state index in [1.54, 1.807) is 0 Å². The van der Waals surface area contributed by atoms with Gasteiger partial charge in [0.25, 0.3) is 0 Å². The van der Waals surface area contributed by atoms with E-state index in [1.165, 1.54) is 29.8 Å². The van der Waals surface area contributed by atoms with Gasteiger partial charge >= 0.3 is 12.0 Å². The Kier molecular flexibility index (Phi) is 6.95. The summed E-state index contributed by atoms with van der Waals surface area (Å²) in [6.07, 6.45) is 1.93.